The van der Waals surface area contributed by atoms with Gasteiger partial charge in [-0.3, -0.25) is 9.78 Å². The van der Waals surface area contributed by atoms with E-state index in [2.05, 4.69) is 4.98 Å². The Bertz CT molecular complexity index is 384. The van der Waals surface area contributed by atoms with E-state index in [9.17, 15) is 4.79 Å². The third-order valence-corrected chi connectivity index (χ3v) is 2.63. The van der Waals surface area contributed by atoms with E-state index in [4.69, 9.17) is 4.74 Å². The van der Waals surface area contributed by atoms with E-state index in [-0.39, 0.29) is 5.78 Å². The van der Waals surface area contributed by atoms with Gasteiger partial charge in [0.1, 0.15) is 0 Å². The summed E-state index contributed by atoms with van der Waals surface area (Å²) < 4.78 is 5.16. The van der Waals surface area contributed by atoms with Crippen LogP contribution in [0.5, 0.6) is 0 Å². The van der Waals surface area contributed by atoms with Gasteiger partial charge in [0.2, 0.25) is 0 Å². The van der Waals surface area contributed by atoms with E-state index in [0.717, 1.165) is 30.7 Å². The molecule has 0 atom stereocenters. The van der Waals surface area contributed by atoms with Crippen molar-refractivity contribution in [2.75, 3.05) is 6.61 Å². The number of nitrogens with zero attached hydrogens (tertiary/aromatic N) is 1. The number of hydrogen-bond donors (Lipinski definition) is 0. The van der Waals surface area contributed by atoms with Crippen molar-refractivity contribution in [3.05, 3.63) is 41.9 Å². The van der Waals surface area contributed by atoms with Crippen LogP contribution in [0.1, 0.15) is 25.0 Å². The topological polar surface area (TPSA) is 39.2 Å². The predicted octanol–water partition coefficient (Wildman–Crippen LogP) is 2.28. The lowest BCUT2D eigenvalue weighted by atomic mass is 10.0. The highest BCUT2D eigenvalue weighted by Gasteiger charge is 2.13. The average molecular weight is 217 g/mol. The molecule has 1 aromatic rings. The number of aromatic nitrogens is 1. The molecule has 0 saturated carbocycles. The van der Waals surface area contributed by atoms with Crippen LogP contribution in [0.25, 0.3) is 0 Å². The van der Waals surface area contributed by atoms with Gasteiger partial charge in [-0.15, -0.1) is 0 Å². The summed E-state index contributed by atoms with van der Waals surface area (Å²) in [6.07, 6.45) is 6.39. The summed E-state index contributed by atoms with van der Waals surface area (Å²) in [5.41, 5.74) is 1.79. The molecule has 1 aliphatic heterocycles. The first-order valence-corrected chi connectivity index (χ1v) is 5.60. The third kappa shape index (κ3) is 2.92. The van der Waals surface area contributed by atoms with Crippen molar-refractivity contribution in [3.8, 4) is 0 Å². The van der Waals surface area contributed by atoms with Gasteiger partial charge >= 0.3 is 0 Å². The van der Waals surface area contributed by atoms with E-state index >= 15 is 0 Å². The summed E-state index contributed by atoms with van der Waals surface area (Å²) in [5, 5.41) is 0. The Morgan fingerprint density at radius 2 is 2.38 bits per heavy atom. The Kier molecular flexibility index (Phi) is 3.70. The number of hydrogen-bond acceptors (Lipinski definition) is 3. The summed E-state index contributed by atoms with van der Waals surface area (Å²) in [5.74, 6) is 0.186. The first kappa shape index (κ1) is 10.9. The SMILES string of the molecule is O=C(CCc1ccccn1)C1=COCCC1. The Morgan fingerprint density at radius 1 is 1.44 bits per heavy atom. The third-order valence-electron chi connectivity index (χ3n) is 2.63. The van der Waals surface area contributed by atoms with Crippen LogP contribution >= 0.6 is 0 Å². The van der Waals surface area contributed by atoms with Crippen molar-refractivity contribution >= 4 is 5.78 Å². The van der Waals surface area contributed by atoms with Crippen molar-refractivity contribution in [2.24, 2.45) is 0 Å². The summed E-state index contributed by atoms with van der Waals surface area (Å²) >= 11 is 0. The lowest BCUT2D eigenvalue weighted by Crippen LogP contribution is -2.10. The van der Waals surface area contributed by atoms with Gasteiger partial charge in [-0.25, -0.2) is 0 Å². The molecule has 0 amide bonds. The zero-order valence-corrected chi connectivity index (χ0v) is 9.19. The highest BCUT2D eigenvalue weighted by atomic mass is 16.5. The van der Waals surface area contributed by atoms with E-state index in [1.807, 2.05) is 18.2 Å². The normalized spacial score (nSPS) is 15.1. The van der Waals surface area contributed by atoms with E-state index in [1.165, 1.54) is 0 Å². The standard InChI is InChI=1S/C13H15NO2/c15-13(11-4-3-9-16-10-11)7-6-12-5-1-2-8-14-12/h1-2,5,8,10H,3-4,6-7,9H2. The molecule has 84 valence electrons. The number of carbonyl (C=O) groups is 1. The maximum Gasteiger partial charge on any atom is 0.162 e. The predicted molar refractivity (Wildman–Crippen MR) is 60.8 cm³/mol. The van der Waals surface area contributed by atoms with Gasteiger partial charge in [-0.05, 0) is 31.4 Å². The van der Waals surface area contributed by atoms with Crippen molar-refractivity contribution in [1.29, 1.82) is 0 Å². The lowest BCUT2D eigenvalue weighted by molar-refractivity contribution is -0.116. The van der Waals surface area contributed by atoms with Gasteiger partial charge in [-0.1, -0.05) is 6.07 Å². The van der Waals surface area contributed by atoms with Crippen LogP contribution in [0.2, 0.25) is 0 Å². The lowest BCUT2D eigenvalue weighted by Gasteiger charge is -2.12. The van der Waals surface area contributed by atoms with Gasteiger partial charge in [0, 0.05) is 23.9 Å². The van der Waals surface area contributed by atoms with Crippen LogP contribution in [-0.4, -0.2) is 17.4 Å². The largest absolute Gasteiger partial charge is 0.501 e. The van der Waals surface area contributed by atoms with Crippen LogP contribution in [0.15, 0.2) is 36.2 Å². The van der Waals surface area contributed by atoms with Crippen LogP contribution in [0, 0.1) is 0 Å². The Hall–Kier alpha value is -1.64. The molecule has 3 nitrogen and oxygen atoms in total. The molecule has 0 N–H and O–H groups in total. The smallest absolute Gasteiger partial charge is 0.162 e. The van der Waals surface area contributed by atoms with Crippen molar-refractivity contribution < 1.29 is 9.53 Å². The fourth-order valence-electron chi connectivity index (χ4n) is 1.72. The molecule has 0 fully saturated rings. The second-order valence-corrected chi connectivity index (χ2v) is 3.86. The number of aryl methyl sites for hydroxylation is 1. The molecule has 1 aliphatic rings. The molecule has 16 heavy (non-hydrogen) atoms. The second-order valence-electron chi connectivity index (χ2n) is 3.86. The molecule has 0 bridgehead atoms. The Morgan fingerprint density at radius 3 is 3.06 bits per heavy atom. The molecule has 0 aliphatic carbocycles. The number of rotatable bonds is 4. The van der Waals surface area contributed by atoms with Crippen LogP contribution in [0.4, 0.5) is 0 Å². The zero-order valence-electron chi connectivity index (χ0n) is 9.19. The number of Topliss-reactive ketones (excluding diaryl/α,β-unsaturated/α-hetero) is 1. The molecule has 0 spiro atoms. The molecule has 1 aromatic heterocycles. The fraction of sp³-hybridized carbons (Fsp3) is 0.385. The molecule has 2 heterocycles. The summed E-state index contributed by atoms with van der Waals surface area (Å²) in [6.45, 7) is 0.733. The van der Waals surface area contributed by atoms with Crippen LogP contribution in [-0.2, 0) is 16.0 Å². The number of ketones is 1. The number of allylic oxidation sites excluding steroid dienone is 1. The minimum atomic E-state index is 0.186. The summed E-state index contributed by atoms with van der Waals surface area (Å²) in [7, 11) is 0. The number of pyridine rings is 1. The molecular weight excluding hydrogens is 202 g/mol. The number of carbonyl (C=O) groups excluding carboxylic acids is 1. The molecule has 3 heteroatoms. The highest BCUT2D eigenvalue weighted by Crippen LogP contribution is 2.15. The number of ether oxygens (including phenoxy) is 1. The monoisotopic (exact) mass is 217 g/mol. The maximum absolute atomic E-state index is 11.8. The van der Waals surface area contributed by atoms with E-state index in [0.29, 0.717) is 12.8 Å². The average Bonchev–Trinajstić information content (AvgIpc) is 2.38. The molecule has 0 radical (unpaired) electrons. The van der Waals surface area contributed by atoms with Gasteiger partial charge < -0.3 is 4.74 Å². The van der Waals surface area contributed by atoms with Gasteiger partial charge in [-0.2, -0.15) is 0 Å². The maximum atomic E-state index is 11.8. The van der Waals surface area contributed by atoms with Crippen molar-refractivity contribution in [2.45, 2.75) is 25.7 Å². The minimum Gasteiger partial charge on any atom is -0.501 e. The molecule has 0 unspecified atom stereocenters. The molecule has 2 rings (SSSR count). The Balaban J connectivity index is 1.86. The van der Waals surface area contributed by atoms with E-state index in [1.54, 1.807) is 12.5 Å². The quantitative estimate of drug-likeness (QED) is 0.776. The molecule has 0 saturated heterocycles. The van der Waals surface area contributed by atoms with Gasteiger partial charge in [0.25, 0.3) is 0 Å². The Labute approximate surface area is 95.2 Å². The summed E-state index contributed by atoms with van der Waals surface area (Å²) in [4.78, 5) is 16.0. The second kappa shape index (κ2) is 5.45. The molecule has 0 aromatic carbocycles. The van der Waals surface area contributed by atoms with Gasteiger partial charge in [0.15, 0.2) is 5.78 Å². The first-order valence-electron chi connectivity index (χ1n) is 5.60. The van der Waals surface area contributed by atoms with E-state index < -0.39 is 0 Å². The summed E-state index contributed by atoms with van der Waals surface area (Å²) in [6, 6.07) is 5.76. The highest BCUT2D eigenvalue weighted by molar-refractivity contribution is 5.95. The first-order chi connectivity index (χ1) is 7.86. The van der Waals surface area contributed by atoms with Crippen molar-refractivity contribution in [3.63, 3.8) is 0 Å². The minimum absolute atomic E-state index is 0.186. The van der Waals surface area contributed by atoms with Crippen LogP contribution < -0.4 is 0 Å². The van der Waals surface area contributed by atoms with Crippen molar-refractivity contribution in [1.82, 2.24) is 4.98 Å². The fourth-order valence-corrected chi connectivity index (χ4v) is 1.72. The van der Waals surface area contributed by atoms with Gasteiger partial charge in [0.05, 0.1) is 12.9 Å². The molecular formula is C13H15NO2. The zero-order chi connectivity index (χ0) is 11.2. The van der Waals surface area contributed by atoms with Crippen LogP contribution in [0.3, 0.4) is 0 Å².